The first kappa shape index (κ1) is 24.5. The average molecular weight is 545 g/mol. The Morgan fingerprint density at radius 2 is 1.90 bits per heavy atom. The first-order valence-corrected chi connectivity index (χ1v) is 9.12. The van der Waals surface area contributed by atoms with Gasteiger partial charge in [-0.05, 0) is 49.7 Å². The highest BCUT2D eigenvalue weighted by Crippen LogP contribution is 2.34. The number of ether oxygens (including phenoxy) is 1. The van der Waals surface area contributed by atoms with Crippen molar-refractivity contribution in [3.05, 3.63) is 71.0 Å². The zero-order valence-electron chi connectivity index (χ0n) is 17.2. The predicted molar refractivity (Wildman–Crippen MR) is 125 cm³/mol. The van der Waals surface area contributed by atoms with Gasteiger partial charge < -0.3 is 15.8 Å². The number of rotatable bonds is 5. The molecule has 1 aromatic heterocycles. The Morgan fingerprint density at radius 1 is 1.16 bits per heavy atom. The minimum atomic E-state index is -4.54. The third-order valence-electron chi connectivity index (χ3n) is 4.41. The van der Waals surface area contributed by atoms with Gasteiger partial charge in [-0.15, -0.1) is 24.0 Å². The SMILES string of the molecule is COc1cccc(NC(N)=NCc2ccc(-n3nc(C)cc3C)cc2C(F)(F)F)c1.I. The number of hydrogen-bond acceptors (Lipinski definition) is 3. The number of nitrogens with two attached hydrogens (primary N) is 1. The van der Waals surface area contributed by atoms with Crippen LogP contribution in [0, 0.1) is 13.8 Å². The summed E-state index contributed by atoms with van der Waals surface area (Å²) < 4.78 is 47.6. The van der Waals surface area contributed by atoms with E-state index >= 15 is 0 Å². The van der Waals surface area contributed by atoms with E-state index < -0.39 is 11.7 Å². The van der Waals surface area contributed by atoms with Gasteiger partial charge in [-0.25, -0.2) is 9.67 Å². The molecule has 10 heteroatoms. The highest BCUT2D eigenvalue weighted by atomic mass is 127. The van der Waals surface area contributed by atoms with Gasteiger partial charge in [0.15, 0.2) is 5.96 Å². The lowest BCUT2D eigenvalue weighted by molar-refractivity contribution is -0.138. The van der Waals surface area contributed by atoms with Gasteiger partial charge in [0.25, 0.3) is 0 Å². The largest absolute Gasteiger partial charge is 0.497 e. The van der Waals surface area contributed by atoms with Crippen molar-refractivity contribution in [3.8, 4) is 11.4 Å². The maximum atomic E-state index is 13.7. The van der Waals surface area contributed by atoms with Gasteiger partial charge in [0.2, 0.25) is 0 Å². The molecule has 2 aromatic carbocycles. The summed E-state index contributed by atoms with van der Waals surface area (Å²) in [5, 5.41) is 7.09. The van der Waals surface area contributed by atoms with Crippen LogP contribution in [0.3, 0.4) is 0 Å². The molecule has 0 aliphatic carbocycles. The van der Waals surface area contributed by atoms with Gasteiger partial charge in [0, 0.05) is 17.4 Å². The zero-order chi connectivity index (χ0) is 21.9. The maximum absolute atomic E-state index is 13.7. The molecule has 0 amide bonds. The second kappa shape index (κ2) is 10.0. The summed E-state index contributed by atoms with van der Waals surface area (Å²) in [5.74, 6) is 0.617. The van der Waals surface area contributed by atoms with Crippen molar-refractivity contribution in [2.45, 2.75) is 26.6 Å². The van der Waals surface area contributed by atoms with Gasteiger partial charge in [-0.1, -0.05) is 12.1 Å². The van der Waals surface area contributed by atoms with E-state index in [1.54, 1.807) is 50.2 Å². The van der Waals surface area contributed by atoms with Crippen molar-refractivity contribution in [2.24, 2.45) is 10.7 Å². The molecule has 1 heterocycles. The number of aryl methyl sites for hydroxylation is 2. The minimum Gasteiger partial charge on any atom is -0.497 e. The highest BCUT2D eigenvalue weighted by molar-refractivity contribution is 14.0. The zero-order valence-corrected chi connectivity index (χ0v) is 19.5. The van der Waals surface area contributed by atoms with Crippen LogP contribution in [0.1, 0.15) is 22.5 Å². The summed E-state index contributed by atoms with van der Waals surface area (Å²) in [5.41, 5.74) is 7.52. The molecule has 0 fully saturated rings. The number of guanidine groups is 1. The maximum Gasteiger partial charge on any atom is 0.416 e. The second-order valence-corrected chi connectivity index (χ2v) is 6.74. The normalized spacial score (nSPS) is 11.7. The number of nitrogens with zero attached hydrogens (tertiary/aromatic N) is 3. The van der Waals surface area contributed by atoms with Crippen molar-refractivity contribution < 1.29 is 17.9 Å². The van der Waals surface area contributed by atoms with E-state index in [9.17, 15) is 13.2 Å². The van der Waals surface area contributed by atoms with Crippen molar-refractivity contribution in [2.75, 3.05) is 12.4 Å². The molecule has 3 rings (SSSR count). The van der Waals surface area contributed by atoms with Crippen molar-refractivity contribution in [1.82, 2.24) is 9.78 Å². The number of aromatic nitrogens is 2. The number of benzene rings is 2. The smallest absolute Gasteiger partial charge is 0.416 e. The Bertz CT molecular complexity index is 1080. The topological polar surface area (TPSA) is 77.5 Å². The summed E-state index contributed by atoms with van der Waals surface area (Å²) >= 11 is 0. The molecule has 0 saturated heterocycles. The lowest BCUT2D eigenvalue weighted by Gasteiger charge is -2.15. The Morgan fingerprint density at radius 3 is 2.52 bits per heavy atom. The monoisotopic (exact) mass is 545 g/mol. The van der Waals surface area contributed by atoms with Crippen LogP contribution in [-0.4, -0.2) is 22.8 Å². The van der Waals surface area contributed by atoms with E-state index in [1.165, 1.54) is 17.9 Å². The number of nitrogens with one attached hydrogen (secondary N) is 1. The Kier molecular flexibility index (Phi) is 7.93. The molecule has 0 bridgehead atoms. The fraction of sp³-hybridized carbons (Fsp3) is 0.238. The molecule has 0 atom stereocenters. The van der Waals surface area contributed by atoms with Crippen molar-refractivity contribution in [3.63, 3.8) is 0 Å². The Hall–Kier alpha value is -2.76. The summed E-state index contributed by atoms with van der Waals surface area (Å²) in [6.45, 7) is 3.35. The standard InChI is InChI=1S/C21H22F3N5O.HI/c1-13-9-14(2)29(28-13)17-8-7-15(19(11-17)21(22,23)24)12-26-20(25)27-16-5-4-6-18(10-16)30-3;/h4-11H,12H2,1-3H3,(H3,25,26,27);1H. The quantitative estimate of drug-likeness (QED) is 0.267. The number of aliphatic imine (C=N–C) groups is 1. The minimum absolute atomic E-state index is 0. The molecule has 6 nitrogen and oxygen atoms in total. The van der Waals surface area contributed by atoms with E-state index in [4.69, 9.17) is 10.5 Å². The van der Waals surface area contributed by atoms with Crippen LogP contribution >= 0.6 is 24.0 Å². The third kappa shape index (κ3) is 6.12. The lowest BCUT2D eigenvalue weighted by atomic mass is 10.1. The average Bonchev–Trinajstić information content (AvgIpc) is 3.03. The number of halogens is 4. The van der Waals surface area contributed by atoms with Gasteiger partial charge >= 0.3 is 6.18 Å². The molecule has 0 radical (unpaired) electrons. The van der Waals surface area contributed by atoms with Crippen molar-refractivity contribution in [1.29, 1.82) is 0 Å². The number of methoxy groups -OCH3 is 1. The number of alkyl halides is 3. The molecule has 0 aliphatic heterocycles. The molecular weight excluding hydrogens is 522 g/mol. The summed E-state index contributed by atoms with van der Waals surface area (Å²) in [7, 11) is 1.53. The van der Waals surface area contributed by atoms with E-state index in [0.29, 0.717) is 17.1 Å². The van der Waals surface area contributed by atoms with Crippen LogP contribution < -0.4 is 15.8 Å². The van der Waals surface area contributed by atoms with E-state index in [0.717, 1.165) is 17.5 Å². The van der Waals surface area contributed by atoms with E-state index in [-0.39, 0.29) is 42.0 Å². The van der Waals surface area contributed by atoms with Crippen LogP contribution in [0.4, 0.5) is 18.9 Å². The summed E-state index contributed by atoms with van der Waals surface area (Å²) in [6.07, 6.45) is -4.54. The molecule has 166 valence electrons. The Labute approximate surface area is 195 Å². The molecule has 31 heavy (non-hydrogen) atoms. The van der Waals surface area contributed by atoms with Gasteiger partial charge in [-0.3, -0.25) is 0 Å². The summed E-state index contributed by atoms with van der Waals surface area (Å²) in [4.78, 5) is 4.06. The first-order valence-electron chi connectivity index (χ1n) is 9.12. The van der Waals surface area contributed by atoms with Gasteiger partial charge in [-0.2, -0.15) is 18.3 Å². The fourth-order valence-corrected chi connectivity index (χ4v) is 3.05. The molecular formula is C21H23F3IN5O. The molecule has 0 saturated carbocycles. The predicted octanol–water partition coefficient (Wildman–Crippen LogP) is 5.06. The molecule has 3 N–H and O–H groups in total. The number of hydrogen-bond donors (Lipinski definition) is 2. The first-order chi connectivity index (χ1) is 14.2. The fourth-order valence-electron chi connectivity index (χ4n) is 3.05. The molecule has 0 unspecified atom stereocenters. The van der Waals surface area contributed by atoms with E-state index in [2.05, 4.69) is 15.4 Å². The van der Waals surface area contributed by atoms with Crippen LogP contribution in [-0.2, 0) is 12.7 Å². The van der Waals surface area contributed by atoms with Gasteiger partial charge in [0.1, 0.15) is 5.75 Å². The Balaban J connectivity index is 0.00000341. The van der Waals surface area contributed by atoms with Gasteiger partial charge in [0.05, 0.1) is 30.6 Å². The number of anilines is 1. The highest BCUT2D eigenvalue weighted by Gasteiger charge is 2.33. The van der Waals surface area contributed by atoms with Crippen LogP contribution in [0.2, 0.25) is 0 Å². The van der Waals surface area contributed by atoms with E-state index in [1.807, 2.05) is 0 Å². The molecule has 0 spiro atoms. The summed E-state index contributed by atoms with van der Waals surface area (Å²) in [6, 6.07) is 12.8. The molecule has 3 aromatic rings. The van der Waals surface area contributed by atoms with Crippen LogP contribution in [0.15, 0.2) is 53.5 Å². The molecule has 0 aliphatic rings. The van der Waals surface area contributed by atoms with Crippen LogP contribution in [0.25, 0.3) is 5.69 Å². The van der Waals surface area contributed by atoms with Crippen molar-refractivity contribution >= 4 is 35.6 Å². The second-order valence-electron chi connectivity index (χ2n) is 6.74. The third-order valence-corrected chi connectivity index (χ3v) is 4.41. The van der Waals surface area contributed by atoms with Crippen LogP contribution in [0.5, 0.6) is 5.75 Å². The lowest BCUT2D eigenvalue weighted by Crippen LogP contribution is -2.23.